The van der Waals surface area contributed by atoms with E-state index in [1.807, 2.05) is 47.2 Å². The lowest BCUT2D eigenvalue weighted by Crippen LogP contribution is -2.40. The highest BCUT2D eigenvalue weighted by Crippen LogP contribution is 2.36. The van der Waals surface area contributed by atoms with E-state index in [1.54, 1.807) is 14.2 Å². The number of aromatic nitrogens is 3. The number of ether oxygens (including phenoxy) is 3. The molecule has 0 unspecified atom stereocenters. The molecule has 0 saturated carbocycles. The maximum Gasteiger partial charge on any atom is 0.165 e. The molecule has 0 atom stereocenters. The maximum atomic E-state index is 5.70. The third-order valence-electron chi connectivity index (χ3n) is 6.74. The molecule has 0 radical (unpaired) electrons. The van der Waals surface area contributed by atoms with Crippen molar-refractivity contribution in [3.63, 3.8) is 0 Å². The number of hydrogen-bond donors (Lipinski definition) is 1. The third kappa shape index (κ3) is 4.36. The molecule has 7 heteroatoms. The lowest BCUT2D eigenvalue weighted by molar-refractivity contribution is 0.0543. The zero-order valence-electron chi connectivity index (χ0n) is 19.7. The Morgan fingerprint density at radius 3 is 2.56 bits per heavy atom. The minimum absolute atomic E-state index is 0.0214. The van der Waals surface area contributed by atoms with E-state index in [0.29, 0.717) is 6.61 Å². The molecule has 5 rings (SSSR count). The number of methoxy groups -OCH3 is 2. The van der Waals surface area contributed by atoms with E-state index in [2.05, 4.69) is 34.7 Å². The molecule has 2 aromatic carbocycles. The summed E-state index contributed by atoms with van der Waals surface area (Å²) in [6.45, 7) is 2.82. The van der Waals surface area contributed by atoms with E-state index < -0.39 is 0 Å². The van der Waals surface area contributed by atoms with Crippen LogP contribution in [0, 0.1) is 0 Å². The minimum atomic E-state index is -0.0214. The van der Waals surface area contributed by atoms with Gasteiger partial charge in [-0.3, -0.25) is 0 Å². The molecule has 1 N–H and O–H groups in total. The van der Waals surface area contributed by atoms with Crippen LogP contribution in [0.5, 0.6) is 5.75 Å². The number of anilines is 1. The van der Waals surface area contributed by atoms with Crippen molar-refractivity contribution in [3.05, 3.63) is 78.1 Å². The fourth-order valence-corrected chi connectivity index (χ4v) is 4.76. The lowest BCUT2D eigenvalue weighted by atomic mass is 9.74. The summed E-state index contributed by atoms with van der Waals surface area (Å²) in [5.41, 5.74) is 5.28. The molecule has 1 fully saturated rings. The summed E-state index contributed by atoms with van der Waals surface area (Å²) in [6, 6.07) is 18.6. The Labute approximate surface area is 199 Å². The highest BCUT2D eigenvalue weighted by atomic mass is 16.5. The highest BCUT2D eigenvalue weighted by Gasteiger charge is 2.34. The van der Waals surface area contributed by atoms with Crippen LogP contribution in [0.1, 0.15) is 24.0 Å². The van der Waals surface area contributed by atoms with Crippen LogP contribution in [-0.2, 0) is 21.5 Å². The lowest BCUT2D eigenvalue weighted by Gasteiger charge is -2.38. The van der Waals surface area contributed by atoms with Crippen LogP contribution in [0.15, 0.2) is 67.0 Å². The Hall–Kier alpha value is -3.42. The summed E-state index contributed by atoms with van der Waals surface area (Å²) in [5.74, 6) is 1.70. The molecule has 3 heterocycles. The van der Waals surface area contributed by atoms with Gasteiger partial charge < -0.3 is 19.5 Å². The number of rotatable bonds is 8. The fraction of sp³-hybridized carbons (Fsp3) is 0.333. The van der Waals surface area contributed by atoms with Gasteiger partial charge >= 0.3 is 0 Å². The van der Waals surface area contributed by atoms with Crippen molar-refractivity contribution in [1.29, 1.82) is 0 Å². The average Bonchev–Trinajstić information content (AvgIpc) is 3.32. The summed E-state index contributed by atoms with van der Waals surface area (Å²) in [5, 5.41) is 8.14. The Balaban J connectivity index is 1.44. The average molecular weight is 459 g/mol. The first-order chi connectivity index (χ1) is 16.7. The molecule has 1 aliphatic rings. The van der Waals surface area contributed by atoms with Crippen molar-refractivity contribution in [3.8, 4) is 16.9 Å². The van der Waals surface area contributed by atoms with E-state index in [9.17, 15) is 0 Å². The molecular formula is C27H30N4O3. The number of nitrogens with one attached hydrogen (secondary N) is 1. The molecule has 176 valence electrons. The van der Waals surface area contributed by atoms with Crippen molar-refractivity contribution in [2.75, 3.05) is 39.3 Å². The van der Waals surface area contributed by atoms with Gasteiger partial charge in [-0.15, -0.1) is 0 Å². The molecule has 7 nitrogen and oxygen atoms in total. The molecule has 0 amide bonds. The highest BCUT2D eigenvalue weighted by molar-refractivity contribution is 5.79. The van der Waals surface area contributed by atoms with Crippen LogP contribution in [0.3, 0.4) is 0 Å². The second-order valence-corrected chi connectivity index (χ2v) is 8.70. The maximum absolute atomic E-state index is 5.70. The Morgan fingerprint density at radius 2 is 1.79 bits per heavy atom. The van der Waals surface area contributed by atoms with Crippen molar-refractivity contribution in [1.82, 2.24) is 14.6 Å². The van der Waals surface area contributed by atoms with Crippen LogP contribution in [-0.4, -0.2) is 48.6 Å². The second-order valence-electron chi connectivity index (χ2n) is 8.70. The first kappa shape index (κ1) is 22.4. The van der Waals surface area contributed by atoms with Gasteiger partial charge in [0.25, 0.3) is 0 Å². The molecule has 34 heavy (non-hydrogen) atoms. The standard InChI is InChI=1S/C27H30N4O3/c1-32-18-20-5-3-4-6-23(20)24-17-29-31-14-11-25(30-26(24)31)28-19-27(12-15-34-16-13-27)21-7-9-22(33-2)10-8-21/h3-11,14,17H,12-13,15-16,18-19H2,1-2H3,(H,28,30). The molecule has 0 aliphatic carbocycles. The Kier molecular flexibility index (Phi) is 6.47. The number of nitrogens with zero attached hydrogens (tertiary/aromatic N) is 3. The van der Waals surface area contributed by atoms with Gasteiger partial charge in [-0.25, -0.2) is 9.50 Å². The molecule has 1 aliphatic heterocycles. The predicted molar refractivity (Wildman–Crippen MR) is 132 cm³/mol. The molecule has 4 aromatic rings. The Morgan fingerprint density at radius 1 is 1.00 bits per heavy atom. The SMILES string of the molecule is COCc1ccccc1-c1cnn2ccc(NCC3(c4ccc(OC)cc4)CCOCC3)nc12. The molecule has 1 saturated heterocycles. The van der Waals surface area contributed by atoms with E-state index in [1.165, 1.54) is 5.56 Å². The van der Waals surface area contributed by atoms with Crippen LogP contribution in [0.4, 0.5) is 5.82 Å². The zero-order valence-corrected chi connectivity index (χ0v) is 19.7. The van der Waals surface area contributed by atoms with Gasteiger partial charge in [0.05, 0.1) is 19.9 Å². The predicted octanol–water partition coefficient (Wildman–Crippen LogP) is 4.71. The summed E-state index contributed by atoms with van der Waals surface area (Å²) in [4.78, 5) is 4.95. The largest absolute Gasteiger partial charge is 0.497 e. The van der Waals surface area contributed by atoms with E-state index in [0.717, 1.165) is 66.5 Å². The van der Waals surface area contributed by atoms with Gasteiger partial charge in [0.15, 0.2) is 5.65 Å². The van der Waals surface area contributed by atoms with Gasteiger partial charge in [0.2, 0.25) is 0 Å². The molecule has 0 spiro atoms. The second kappa shape index (κ2) is 9.83. The van der Waals surface area contributed by atoms with Crippen LogP contribution < -0.4 is 10.1 Å². The topological polar surface area (TPSA) is 69.9 Å². The van der Waals surface area contributed by atoms with Gasteiger partial charge in [-0.05, 0) is 47.7 Å². The van der Waals surface area contributed by atoms with E-state index >= 15 is 0 Å². The zero-order chi connectivity index (χ0) is 23.4. The Bertz CT molecular complexity index is 1250. The summed E-state index contributed by atoms with van der Waals surface area (Å²) >= 11 is 0. The van der Waals surface area contributed by atoms with E-state index in [-0.39, 0.29) is 5.41 Å². The van der Waals surface area contributed by atoms with Gasteiger partial charge in [-0.1, -0.05) is 36.4 Å². The summed E-state index contributed by atoms with van der Waals surface area (Å²) < 4.78 is 18.3. The normalized spacial score (nSPS) is 15.4. The van der Waals surface area contributed by atoms with Crippen LogP contribution in [0.25, 0.3) is 16.8 Å². The number of fused-ring (bicyclic) bond motifs is 1. The molecule has 2 aromatic heterocycles. The monoisotopic (exact) mass is 458 g/mol. The van der Waals surface area contributed by atoms with Gasteiger partial charge in [0, 0.05) is 44.0 Å². The van der Waals surface area contributed by atoms with Crippen molar-refractivity contribution in [2.45, 2.75) is 24.9 Å². The van der Waals surface area contributed by atoms with Crippen LogP contribution >= 0.6 is 0 Å². The van der Waals surface area contributed by atoms with Crippen LogP contribution in [0.2, 0.25) is 0 Å². The summed E-state index contributed by atoms with van der Waals surface area (Å²) in [7, 11) is 3.41. The smallest absolute Gasteiger partial charge is 0.165 e. The summed E-state index contributed by atoms with van der Waals surface area (Å²) in [6.07, 6.45) is 5.74. The first-order valence-corrected chi connectivity index (χ1v) is 11.6. The molecular weight excluding hydrogens is 428 g/mol. The first-order valence-electron chi connectivity index (χ1n) is 11.6. The van der Waals surface area contributed by atoms with Crippen molar-refractivity contribution < 1.29 is 14.2 Å². The number of benzene rings is 2. The molecule has 0 bridgehead atoms. The van der Waals surface area contributed by atoms with E-state index in [4.69, 9.17) is 19.2 Å². The number of hydrogen-bond acceptors (Lipinski definition) is 6. The quantitative estimate of drug-likeness (QED) is 0.412. The van der Waals surface area contributed by atoms with Crippen molar-refractivity contribution in [2.24, 2.45) is 0 Å². The van der Waals surface area contributed by atoms with Crippen molar-refractivity contribution >= 4 is 11.5 Å². The van der Waals surface area contributed by atoms with Gasteiger partial charge in [-0.2, -0.15) is 5.10 Å². The van der Waals surface area contributed by atoms with Gasteiger partial charge in [0.1, 0.15) is 11.6 Å². The fourth-order valence-electron chi connectivity index (χ4n) is 4.76. The minimum Gasteiger partial charge on any atom is -0.497 e. The third-order valence-corrected chi connectivity index (χ3v) is 6.74.